The third-order valence-corrected chi connectivity index (χ3v) is 5.63. The van der Waals surface area contributed by atoms with Crippen molar-refractivity contribution in [1.82, 2.24) is 4.90 Å². The molecule has 2 N–H and O–H groups in total. The van der Waals surface area contributed by atoms with Crippen molar-refractivity contribution in [2.24, 2.45) is 0 Å². The Bertz CT molecular complexity index is 844. The summed E-state index contributed by atoms with van der Waals surface area (Å²) in [4.78, 5) is 26.5. The lowest BCUT2D eigenvalue weighted by Gasteiger charge is -2.15. The van der Waals surface area contributed by atoms with Gasteiger partial charge in [-0.05, 0) is 67.8 Å². The molecule has 6 nitrogen and oxygen atoms in total. The fraction of sp³-hybridized carbons (Fsp3) is 0.462. The van der Waals surface area contributed by atoms with Gasteiger partial charge in [0.15, 0.2) is 0 Å². The van der Waals surface area contributed by atoms with Crippen molar-refractivity contribution in [2.45, 2.75) is 51.9 Å². The van der Waals surface area contributed by atoms with Gasteiger partial charge in [-0.25, -0.2) is 0 Å². The lowest BCUT2D eigenvalue weighted by atomic mass is 10.2. The zero-order valence-electron chi connectivity index (χ0n) is 19.1. The molecule has 172 valence electrons. The highest BCUT2D eigenvalue weighted by Gasteiger charge is 2.19. The maximum Gasteiger partial charge on any atom is 0.253 e. The summed E-state index contributed by atoms with van der Waals surface area (Å²) in [5, 5.41) is 5.98. The number of carbonyl (C=O) groups is 2. The van der Waals surface area contributed by atoms with Crippen LogP contribution in [0.25, 0.3) is 0 Å². The van der Waals surface area contributed by atoms with Crippen LogP contribution in [0.4, 0.5) is 11.4 Å². The fourth-order valence-corrected chi connectivity index (χ4v) is 3.75. The molecule has 0 aromatic heterocycles. The third kappa shape index (κ3) is 7.59. The number of nitrogens with one attached hydrogen (secondary N) is 2. The summed E-state index contributed by atoms with van der Waals surface area (Å²) in [6.45, 7) is 4.77. The van der Waals surface area contributed by atoms with Gasteiger partial charge in [-0.15, -0.1) is 0 Å². The van der Waals surface area contributed by atoms with Crippen LogP contribution in [-0.4, -0.2) is 43.0 Å². The molecule has 0 radical (unpaired) electrons. The van der Waals surface area contributed by atoms with Crippen LogP contribution in [0.15, 0.2) is 48.5 Å². The fourth-order valence-electron chi connectivity index (χ4n) is 3.75. The van der Waals surface area contributed by atoms with Crippen molar-refractivity contribution < 1.29 is 14.3 Å². The Kier molecular flexibility index (Phi) is 9.41. The topological polar surface area (TPSA) is 70.7 Å². The molecule has 1 aliphatic rings. The highest BCUT2D eigenvalue weighted by Crippen LogP contribution is 2.17. The van der Waals surface area contributed by atoms with Crippen molar-refractivity contribution in [2.75, 3.05) is 36.9 Å². The minimum atomic E-state index is -0.143. The zero-order valence-corrected chi connectivity index (χ0v) is 19.1. The van der Waals surface area contributed by atoms with E-state index in [1.165, 1.54) is 25.7 Å². The van der Waals surface area contributed by atoms with Gasteiger partial charge < -0.3 is 20.3 Å². The molecule has 2 aromatic carbocycles. The Labute approximate surface area is 191 Å². The quantitative estimate of drug-likeness (QED) is 0.441. The largest absolute Gasteiger partial charge is 0.494 e. The van der Waals surface area contributed by atoms with Crippen molar-refractivity contribution in [3.05, 3.63) is 54.1 Å². The number of benzene rings is 2. The van der Waals surface area contributed by atoms with Crippen molar-refractivity contribution >= 4 is 23.2 Å². The van der Waals surface area contributed by atoms with Gasteiger partial charge in [0.25, 0.3) is 5.91 Å². The minimum Gasteiger partial charge on any atom is -0.494 e. The average Bonchev–Trinajstić information content (AvgIpc) is 3.36. The standard InChI is InChI=1S/C26H35N3O3/c1-2-3-4-5-8-19-32-24-15-13-22(14-16-24)27-20-25(30)28-23-11-9-21(10-12-23)26(31)29-17-6-7-18-29/h9-16,27H,2-8,17-20H2,1H3,(H,28,30). The molecule has 0 bridgehead atoms. The van der Waals surface area contributed by atoms with E-state index in [0.717, 1.165) is 50.4 Å². The first-order valence-electron chi connectivity index (χ1n) is 11.8. The van der Waals surface area contributed by atoms with E-state index in [9.17, 15) is 9.59 Å². The van der Waals surface area contributed by atoms with Gasteiger partial charge in [0, 0.05) is 30.0 Å². The molecule has 0 atom stereocenters. The summed E-state index contributed by atoms with van der Waals surface area (Å²) >= 11 is 0. The number of nitrogens with zero attached hydrogens (tertiary/aromatic N) is 1. The molecule has 0 unspecified atom stereocenters. The van der Waals surface area contributed by atoms with Gasteiger partial charge in [0.05, 0.1) is 13.2 Å². The minimum absolute atomic E-state index is 0.0611. The molecule has 1 saturated heterocycles. The molecule has 1 fully saturated rings. The highest BCUT2D eigenvalue weighted by atomic mass is 16.5. The normalized spacial score (nSPS) is 13.1. The van der Waals surface area contributed by atoms with E-state index >= 15 is 0 Å². The van der Waals surface area contributed by atoms with E-state index in [4.69, 9.17) is 4.74 Å². The van der Waals surface area contributed by atoms with Crippen LogP contribution in [0.3, 0.4) is 0 Å². The van der Waals surface area contributed by atoms with Gasteiger partial charge in [-0.1, -0.05) is 32.6 Å². The number of likely N-dealkylation sites (tertiary alicyclic amines) is 1. The van der Waals surface area contributed by atoms with E-state index in [0.29, 0.717) is 11.3 Å². The Morgan fingerprint density at radius 2 is 1.53 bits per heavy atom. The Morgan fingerprint density at radius 3 is 2.22 bits per heavy atom. The number of anilines is 2. The zero-order chi connectivity index (χ0) is 22.6. The van der Waals surface area contributed by atoms with Gasteiger partial charge in [0.2, 0.25) is 5.91 Å². The lowest BCUT2D eigenvalue weighted by molar-refractivity contribution is -0.114. The van der Waals surface area contributed by atoms with E-state index in [2.05, 4.69) is 17.6 Å². The summed E-state index contributed by atoms with van der Waals surface area (Å²) in [6, 6.07) is 14.8. The lowest BCUT2D eigenvalue weighted by Crippen LogP contribution is -2.27. The molecule has 2 aromatic rings. The molecule has 1 aliphatic heterocycles. The van der Waals surface area contributed by atoms with Crippen molar-refractivity contribution in [3.63, 3.8) is 0 Å². The van der Waals surface area contributed by atoms with Gasteiger partial charge in [-0.2, -0.15) is 0 Å². The Balaban J connectivity index is 1.36. The van der Waals surface area contributed by atoms with Crippen LogP contribution in [-0.2, 0) is 4.79 Å². The SMILES string of the molecule is CCCCCCCOc1ccc(NCC(=O)Nc2ccc(C(=O)N3CCCC3)cc2)cc1. The Morgan fingerprint density at radius 1 is 0.875 bits per heavy atom. The summed E-state index contributed by atoms with van der Waals surface area (Å²) in [7, 11) is 0. The van der Waals surface area contributed by atoms with Crippen molar-refractivity contribution in [1.29, 1.82) is 0 Å². The molecule has 32 heavy (non-hydrogen) atoms. The second-order valence-electron chi connectivity index (χ2n) is 8.27. The van der Waals surface area contributed by atoms with Crippen LogP contribution in [0.5, 0.6) is 5.75 Å². The number of rotatable bonds is 12. The monoisotopic (exact) mass is 437 g/mol. The van der Waals surface area contributed by atoms with Crippen LogP contribution >= 0.6 is 0 Å². The smallest absolute Gasteiger partial charge is 0.253 e. The van der Waals surface area contributed by atoms with E-state index in [1.807, 2.05) is 29.2 Å². The summed E-state index contributed by atoms with van der Waals surface area (Å²) in [6.07, 6.45) is 8.24. The first-order valence-corrected chi connectivity index (χ1v) is 11.8. The molecule has 1 heterocycles. The molecule has 2 amide bonds. The summed E-state index contributed by atoms with van der Waals surface area (Å²) in [5.41, 5.74) is 2.20. The maximum atomic E-state index is 12.4. The predicted octanol–water partition coefficient (Wildman–Crippen LogP) is 5.32. The molecular weight excluding hydrogens is 402 g/mol. The number of amides is 2. The molecule has 0 aliphatic carbocycles. The average molecular weight is 438 g/mol. The van der Waals surface area contributed by atoms with Crippen LogP contribution < -0.4 is 15.4 Å². The molecular formula is C26H35N3O3. The number of ether oxygens (including phenoxy) is 1. The second-order valence-corrected chi connectivity index (χ2v) is 8.27. The third-order valence-electron chi connectivity index (χ3n) is 5.63. The maximum absolute atomic E-state index is 12.4. The number of hydrogen-bond acceptors (Lipinski definition) is 4. The molecule has 6 heteroatoms. The van der Waals surface area contributed by atoms with Crippen LogP contribution in [0.1, 0.15) is 62.2 Å². The Hall–Kier alpha value is -3.02. The van der Waals surface area contributed by atoms with E-state index in [-0.39, 0.29) is 18.4 Å². The summed E-state index contributed by atoms with van der Waals surface area (Å²) in [5.74, 6) is 0.765. The highest BCUT2D eigenvalue weighted by molar-refractivity contribution is 5.96. The molecule has 0 spiro atoms. The summed E-state index contributed by atoms with van der Waals surface area (Å²) < 4.78 is 5.77. The predicted molar refractivity (Wildman–Crippen MR) is 129 cm³/mol. The molecule has 3 rings (SSSR count). The second kappa shape index (κ2) is 12.7. The number of unbranched alkanes of at least 4 members (excludes halogenated alkanes) is 4. The first kappa shape index (κ1) is 23.6. The van der Waals surface area contributed by atoms with Gasteiger partial charge in [0.1, 0.15) is 5.75 Å². The van der Waals surface area contributed by atoms with E-state index < -0.39 is 0 Å². The van der Waals surface area contributed by atoms with Crippen molar-refractivity contribution in [3.8, 4) is 5.75 Å². The first-order chi connectivity index (χ1) is 15.7. The van der Waals surface area contributed by atoms with Crippen LogP contribution in [0.2, 0.25) is 0 Å². The van der Waals surface area contributed by atoms with Crippen LogP contribution in [0, 0.1) is 0 Å². The van der Waals surface area contributed by atoms with E-state index in [1.54, 1.807) is 24.3 Å². The number of hydrogen-bond donors (Lipinski definition) is 2. The van der Waals surface area contributed by atoms with Gasteiger partial charge >= 0.3 is 0 Å². The number of carbonyl (C=O) groups excluding carboxylic acids is 2. The van der Waals surface area contributed by atoms with Gasteiger partial charge in [-0.3, -0.25) is 9.59 Å². The molecule has 0 saturated carbocycles.